The second kappa shape index (κ2) is 7.61. The molecular weight excluding hydrogens is 296 g/mol. The van der Waals surface area contributed by atoms with Gasteiger partial charge in [-0.3, -0.25) is 14.9 Å². The molecule has 0 unspecified atom stereocenters. The molecular formula is C13H17ClN4O3. The lowest BCUT2D eigenvalue weighted by Gasteiger charge is -2.15. The molecule has 114 valence electrons. The molecule has 1 amide bonds. The van der Waals surface area contributed by atoms with Gasteiger partial charge in [-0.15, -0.1) is 12.4 Å². The summed E-state index contributed by atoms with van der Waals surface area (Å²) < 4.78 is 0. The summed E-state index contributed by atoms with van der Waals surface area (Å²) in [6, 6.07) is 3.85. The van der Waals surface area contributed by atoms with Crippen LogP contribution >= 0.6 is 12.4 Å². The summed E-state index contributed by atoms with van der Waals surface area (Å²) in [5.41, 5.74) is 7.05. The van der Waals surface area contributed by atoms with E-state index in [1.807, 2.05) is 6.08 Å². The number of hydrogen-bond acceptors (Lipinski definition) is 5. The molecule has 4 N–H and O–H groups in total. The van der Waals surface area contributed by atoms with Gasteiger partial charge in [-0.05, 0) is 19.0 Å². The molecule has 0 fully saturated rings. The summed E-state index contributed by atoms with van der Waals surface area (Å²) in [7, 11) is 0. The average Bonchev–Trinajstić information content (AvgIpc) is 2.46. The summed E-state index contributed by atoms with van der Waals surface area (Å²) in [4.78, 5) is 22.2. The molecule has 0 spiro atoms. The van der Waals surface area contributed by atoms with Crippen LogP contribution in [0.15, 0.2) is 29.8 Å². The van der Waals surface area contributed by atoms with Crippen LogP contribution in [0.4, 0.5) is 11.4 Å². The second-order valence-corrected chi connectivity index (χ2v) is 4.53. The van der Waals surface area contributed by atoms with Crippen molar-refractivity contribution in [3.05, 3.63) is 45.5 Å². The Morgan fingerprint density at radius 1 is 1.48 bits per heavy atom. The molecule has 2 rings (SSSR count). The molecule has 0 radical (unpaired) electrons. The number of nitrogens with one attached hydrogen (secondary N) is 2. The number of nitro groups is 1. The van der Waals surface area contributed by atoms with Gasteiger partial charge in [0.1, 0.15) is 0 Å². The molecule has 0 bridgehead atoms. The number of nitrogen functional groups attached to an aromatic ring is 1. The van der Waals surface area contributed by atoms with Crippen molar-refractivity contribution < 1.29 is 9.72 Å². The minimum Gasteiger partial charge on any atom is -0.398 e. The van der Waals surface area contributed by atoms with Crippen LogP contribution in [0, 0.1) is 10.1 Å². The van der Waals surface area contributed by atoms with E-state index in [1.165, 1.54) is 18.2 Å². The summed E-state index contributed by atoms with van der Waals surface area (Å²) in [6.45, 7) is 2.12. The number of anilines is 1. The number of carbonyl (C=O) groups excluding carboxylic acids is 1. The third-order valence-corrected chi connectivity index (χ3v) is 3.13. The van der Waals surface area contributed by atoms with Crippen LogP contribution in [0.1, 0.15) is 16.8 Å². The van der Waals surface area contributed by atoms with Crippen molar-refractivity contribution in [1.82, 2.24) is 10.6 Å². The molecule has 1 aromatic rings. The molecule has 0 aliphatic carbocycles. The van der Waals surface area contributed by atoms with E-state index in [4.69, 9.17) is 5.73 Å². The maximum Gasteiger partial charge on any atom is 0.270 e. The van der Waals surface area contributed by atoms with E-state index < -0.39 is 10.8 Å². The highest BCUT2D eigenvalue weighted by molar-refractivity contribution is 5.99. The van der Waals surface area contributed by atoms with Gasteiger partial charge in [-0.1, -0.05) is 11.6 Å². The van der Waals surface area contributed by atoms with Crippen molar-refractivity contribution in [1.29, 1.82) is 0 Å². The number of nitro benzene ring substituents is 1. The Morgan fingerprint density at radius 3 is 2.86 bits per heavy atom. The Morgan fingerprint density at radius 2 is 2.24 bits per heavy atom. The Balaban J connectivity index is 0.00000220. The predicted octanol–water partition coefficient (Wildman–Crippen LogP) is 1.25. The zero-order valence-electron chi connectivity index (χ0n) is 11.3. The number of nitrogens with two attached hydrogens (primary N) is 1. The maximum absolute atomic E-state index is 12.0. The molecule has 0 aromatic heterocycles. The maximum atomic E-state index is 12.0. The predicted molar refractivity (Wildman–Crippen MR) is 82.7 cm³/mol. The van der Waals surface area contributed by atoms with Gasteiger partial charge in [0.25, 0.3) is 11.6 Å². The first-order chi connectivity index (χ1) is 9.58. The molecule has 1 heterocycles. The monoisotopic (exact) mass is 312 g/mol. The molecule has 1 aromatic carbocycles. The lowest BCUT2D eigenvalue weighted by Crippen LogP contribution is -2.30. The Hall–Kier alpha value is -2.12. The minimum absolute atomic E-state index is 0. The van der Waals surface area contributed by atoms with E-state index in [9.17, 15) is 14.9 Å². The van der Waals surface area contributed by atoms with Gasteiger partial charge < -0.3 is 16.4 Å². The third-order valence-electron chi connectivity index (χ3n) is 3.13. The van der Waals surface area contributed by atoms with E-state index in [2.05, 4.69) is 10.6 Å². The van der Waals surface area contributed by atoms with Crippen LogP contribution in [0.2, 0.25) is 0 Å². The Labute approximate surface area is 128 Å². The van der Waals surface area contributed by atoms with Crippen molar-refractivity contribution >= 4 is 29.7 Å². The van der Waals surface area contributed by atoms with Gasteiger partial charge in [0, 0.05) is 30.9 Å². The van der Waals surface area contributed by atoms with Crippen LogP contribution in [-0.4, -0.2) is 30.5 Å². The summed E-state index contributed by atoms with van der Waals surface area (Å²) in [5.74, 6) is -0.398. The highest BCUT2D eigenvalue weighted by Crippen LogP contribution is 2.19. The van der Waals surface area contributed by atoms with E-state index >= 15 is 0 Å². The van der Waals surface area contributed by atoms with Crippen LogP contribution in [0.3, 0.4) is 0 Å². The third kappa shape index (κ3) is 4.44. The average molecular weight is 313 g/mol. The first kappa shape index (κ1) is 16.9. The first-order valence-corrected chi connectivity index (χ1v) is 6.28. The first-order valence-electron chi connectivity index (χ1n) is 6.28. The fourth-order valence-corrected chi connectivity index (χ4v) is 1.97. The molecule has 0 saturated carbocycles. The number of rotatable bonds is 4. The fourth-order valence-electron chi connectivity index (χ4n) is 1.97. The van der Waals surface area contributed by atoms with E-state index in [1.54, 1.807) is 0 Å². The van der Waals surface area contributed by atoms with Gasteiger partial charge in [-0.25, -0.2) is 0 Å². The van der Waals surface area contributed by atoms with Crippen LogP contribution in [-0.2, 0) is 0 Å². The number of carbonyl (C=O) groups is 1. The molecule has 21 heavy (non-hydrogen) atoms. The number of benzene rings is 1. The Bertz CT molecular complexity index is 575. The summed E-state index contributed by atoms with van der Waals surface area (Å²) in [6.07, 6.45) is 2.91. The van der Waals surface area contributed by atoms with Gasteiger partial charge in [0.2, 0.25) is 0 Å². The highest BCUT2D eigenvalue weighted by atomic mass is 35.5. The van der Waals surface area contributed by atoms with Gasteiger partial charge in [0.05, 0.1) is 10.5 Å². The smallest absolute Gasteiger partial charge is 0.270 e. The molecule has 1 aliphatic rings. The van der Waals surface area contributed by atoms with E-state index in [0.717, 1.165) is 25.1 Å². The molecule has 0 saturated heterocycles. The van der Waals surface area contributed by atoms with Gasteiger partial charge in [0.15, 0.2) is 0 Å². The highest BCUT2D eigenvalue weighted by Gasteiger charge is 2.15. The standard InChI is InChI=1S/C13H16N4O3.ClH/c14-12-2-1-10(17(19)20)7-11(12)13(18)16-8-9-3-5-15-6-4-9;/h1-3,7,15H,4-6,8,14H2,(H,16,18);1H. The zero-order valence-corrected chi connectivity index (χ0v) is 12.1. The molecule has 8 heteroatoms. The number of amides is 1. The van der Waals surface area contributed by atoms with Crippen molar-refractivity contribution in [2.75, 3.05) is 25.4 Å². The number of non-ortho nitro benzene ring substituents is 1. The largest absolute Gasteiger partial charge is 0.398 e. The number of hydrogen-bond donors (Lipinski definition) is 3. The van der Waals surface area contributed by atoms with Crippen molar-refractivity contribution in [2.45, 2.75) is 6.42 Å². The number of nitrogens with zero attached hydrogens (tertiary/aromatic N) is 1. The van der Waals surface area contributed by atoms with Gasteiger partial charge in [-0.2, -0.15) is 0 Å². The topological polar surface area (TPSA) is 110 Å². The Kier molecular flexibility index (Phi) is 6.13. The van der Waals surface area contributed by atoms with Gasteiger partial charge >= 0.3 is 0 Å². The SMILES string of the molecule is Cl.Nc1ccc([N+](=O)[O-])cc1C(=O)NCC1=CCNCC1. The van der Waals surface area contributed by atoms with Crippen LogP contribution in [0.25, 0.3) is 0 Å². The number of halogens is 1. The molecule has 1 aliphatic heterocycles. The van der Waals surface area contributed by atoms with E-state index in [-0.39, 0.29) is 29.3 Å². The zero-order chi connectivity index (χ0) is 14.5. The van der Waals surface area contributed by atoms with Crippen LogP contribution in [0.5, 0.6) is 0 Å². The lowest BCUT2D eigenvalue weighted by molar-refractivity contribution is -0.384. The minimum atomic E-state index is -0.550. The summed E-state index contributed by atoms with van der Waals surface area (Å²) >= 11 is 0. The second-order valence-electron chi connectivity index (χ2n) is 4.53. The van der Waals surface area contributed by atoms with Crippen molar-refractivity contribution in [3.8, 4) is 0 Å². The quantitative estimate of drug-likeness (QED) is 0.335. The fraction of sp³-hybridized carbons (Fsp3) is 0.308. The van der Waals surface area contributed by atoms with E-state index in [0.29, 0.717) is 6.54 Å². The molecule has 0 atom stereocenters. The van der Waals surface area contributed by atoms with Crippen LogP contribution < -0.4 is 16.4 Å². The lowest BCUT2D eigenvalue weighted by atomic mass is 10.1. The van der Waals surface area contributed by atoms with Crippen molar-refractivity contribution in [3.63, 3.8) is 0 Å². The normalized spacial score (nSPS) is 13.8. The molecule has 7 nitrogen and oxygen atoms in total. The summed E-state index contributed by atoms with van der Waals surface area (Å²) in [5, 5.41) is 16.6. The van der Waals surface area contributed by atoms with Crippen molar-refractivity contribution in [2.24, 2.45) is 0 Å².